The lowest BCUT2D eigenvalue weighted by Crippen LogP contribution is -2.41. The number of aromatic nitrogens is 1. The third-order valence-corrected chi connectivity index (χ3v) is 4.73. The number of aliphatic hydroxyl groups excluding tert-OH is 1. The Hall–Kier alpha value is -1.73. The van der Waals surface area contributed by atoms with Gasteiger partial charge in [0.2, 0.25) is 0 Å². The van der Waals surface area contributed by atoms with E-state index in [-0.39, 0.29) is 18.3 Å². The van der Waals surface area contributed by atoms with Gasteiger partial charge in [-0.25, -0.2) is 4.98 Å². The van der Waals surface area contributed by atoms with Gasteiger partial charge in [-0.05, 0) is 25.3 Å². The molecular weight excluding hydrogens is 278 g/mol. The fourth-order valence-electron chi connectivity index (χ4n) is 2.58. The van der Waals surface area contributed by atoms with Crippen LogP contribution in [0.1, 0.15) is 19.3 Å². The van der Waals surface area contributed by atoms with Crippen LogP contribution in [0.4, 0.5) is 10.8 Å². The summed E-state index contributed by atoms with van der Waals surface area (Å²) in [5.41, 5.74) is 0.716. The van der Waals surface area contributed by atoms with Crippen molar-refractivity contribution in [1.29, 1.82) is 0 Å². The van der Waals surface area contributed by atoms with Gasteiger partial charge in [0.1, 0.15) is 0 Å². The maximum absolute atomic E-state index is 10.8. The van der Waals surface area contributed by atoms with Crippen molar-refractivity contribution in [2.24, 2.45) is 0 Å². The van der Waals surface area contributed by atoms with Crippen molar-refractivity contribution in [3.05, 3.63) is 28.3 Å². The van der Waals surface area contributed by atoms with Gasteiger partial charge >= 0.3 is 0 Å². The molecule has 2 aromatic rings. The molecule has 0 radical (unpaired) electrons. The molecule has 0 spiro atoms. The van der Waals surface area contributed by atoms with Gasteiger partial charge in [-0.15, -0.1) is 0 Å². The molecule has 1 N–H and O–H groups in total. The van der Waals surface area contributed by atoms with E-state index in [9.17, 15) is 15.2 Å². The smallest absolute Gasteiger partial charge is 0.271 e. The molecule has 0 aliphatic carbocycles. The first kappa shape index (κ1) is 13.3. The van der Waals surface area contributed by atoms with Crippen LogP contribution in [0.25, 0.3) is 10.2 Å². The number of hydrogen-bond acceptors (Lipinski definition) is 6. The number of benzene rings is 1. The van der Waals surface area contributed by atoms with E-state index in [0.717, 1.165) is 35.6 Å². The first-order chi connectivity index (χ1) is 9.69. The lowest BCUT2D eigenvalue weighted by Gasteiger charge is -2.34. The molecule has 1 aromatic carbocycles. The highest BCUT2D eigenvalue weighted by Crippen LogP contribution is 2.34. The predicted octanol–water partition coefficient (Wildman–Crippen LogP) is 2.56. The van der Waals surface area contributed by atoms with E-state index in [0.29, 0.717) is 5.52 Å². The number of nitro groups is 1. The normalized spacial score (nSPS) is 19.4. The number of piperidine rings is 1. The number of nitro benzene ring substituents is 1. The van der Waals surface area contributed by atoms with Gasteiger partial charge in [-0.3, -0.25) is 10.1 Å². The van der Waals surface area contributed by atoms with Crippen LogP contribution in [0.2, 0.25) is 0 Å². The first-order valence-corrected chi connectivity index (χ1v) is 7.43. The molecule has 3 rings (SSSR count). The molecule has 1 atom stereocenters. The Balaban J connectivity index is 1.97. The minimum absolute atomic E-state index is 0.0618. The Morgan fingerprint density at radius 2 is 2.35 bits per heavy atom. The predicted molar refractivity (Wildman–Crippen MR) is 78.3 cm³/mol. The molecular formula is C13H15N3O3S. The van der Waals surface area contributed by atoms with Crippen LogP contribution in [0, 0.1) is 10.1 Å². The van der Waals surface area contributed by atoms with Gasteiger partial charge in [0, 0.05) is 18.7 Å². The lowest BCUT2D eigenvalue weighted by molar-refractivity contribution is -0.384. The van der Waals surface area contributed by atoms with E-state index in [1.165, 1.54) is 23.5 Å². The van der Waals surface area contributed by atoms with Crippen molar-refractivity contribution >= 4 is 32.4 Å². The zero-order valence-corrected chi connectivity index (χ0v) is 11.7. The highest BCUT2D eigenvalue weighted by molar-refractivity contribution is 7.22. The molecule has 2 heterocycles. The molecule has 1 aromatic heterocycles. The van der Waals surface area contributed by atoms with Crippen molar-refractivity contribution in [3.8, 4) is 0 Å². The molecule has 0 unspecified atom stereocenters. The number of fused-ring (bicyclic) bond motifs is 1. The maximum atomic E-state index is 10.8. The number of anilines is 1. The number of hydrogen-bond donors (Lipinski definition) is 1. The third kappa shape index (κ3) is 2.34. The van der Waals surface area contributed by atoms with E-state index in [1.54, 1.807) is 6.07 Å². The molecule has 0 amide bonds. The van der Waals surface area contributed by atoms with Crippen LogP contribution in [0.3, 0.4) is 0 Å². The second kappa shape index (κ2) is 5.34. The average molecular weight is 293 g/mol. The Bertz CT molecular complexity index is 643. The lowest BCUT2D eigenvalue weighted by atomic mass is 10.0. The summed E-state index contributed by atoms with van der Waals surface area (Å²) < 4.78 is 0.938. The largest absolute Gasteiger partial charge is 0.394 e. The van der Waals surface area contributed by atoms with Gasteiger partial charge in [-0.2, -0.15) is 0 Å². The molecule has 6 nitrogen and oxygen atoms in total. The second-order valence-electron chi connectivity index (χ2n) is 4.93. The number of aliphatic hydroxyl groups is 1. The first-order valence-electron chi connectivity index (χ1n) is 6.61. The average Bonchev–Trinajstić information content (AvgIpc) is 2.89. The summed E-state index contributed by atoms with van der Waals surface area (Å²) in [7, 11) is 0. The van der Waals surface area contributed by atoms with E-state index >= 15 is 0 Å². The quantitative estimate of drug-likeness (QED) is 0.695. The van der Waals surface area contributed by atoms with Crippen molar-refractivity contribution in [2.45, 2.75) is 25.3 Å². The molecule has 1 aliphatic heterocycles. The molecule has 7 heteroatoms. The molecule has 1 aliphatic rings. The van der Waals surface area contributed by atoms with Crippen LogP contribution < -0.4 is 4.90 Å². The SMILES string of the molecule is O=[N+]([O-])c1ccc2sc(N3CCCC[C@H]3CO)nc2c1. The number of nitrogens with zero attached hydrogens (tertiary/aromatic N) is 3. The van der Waals surface area contributed by atoms with Crippen LogP contribution in [-0.4, -0.2) is 34.2 Å². The van der Waals surface area contributed by atoms with Crippen molar-refractivity contribution in [2.75, 3.05) is 18.1 Å². The van der Waals surface area contributed by atoms with Crippen molar-refractivity contribution in [3.63, 3.8) is 0 Å². The Morgan fingerprint density at radius 3 is 3.10 bits per heavy atom. The van der Waals surface area contributed by atoms with Gasteiger partial charge in [0.25, 0.3) is 5.69 Å². The highest BCUT2D eigenvalue weighted by Gasteiger charge is 2.24. The van der Waals surface area contributed by atoms with Gasteiger partial charge in [-0.1, -0.05) is 11.3 Å². The molecule has 20 heavy (non-hydrogen) atoms. The second-order valence-corrected chi connectivity index (χ2v) is 5.94. The van der Waals surface area contributed by atoms with Gasteiger partial charge in [0.05, 0.1) is 27.8 Å². The molecule has 1 saturated heterocycles. The third-order valence-electron chi connectivity index (χ3n) is 3.65. The fourth-order valence-corrected chi connectivity index (χ4v) is 3.63. The molecule has 106 valence electrons. The van der Waals surface area contributed by atoms with Crippen molar-refractivity contribution < 1.29 is 10.0 Å². The number of non-ortho nitro benzene ring substituents is 1. The number of rotatable bonds is 3. The summed E-state index contributed by atoms with van der Waals surface area (Å²) in [5, 5.41) is 21.1. The Kier molecular flexibility index (Phi) is 3.54. The summed E-state index contributed by atoms with van der Waals surface area (Å²) in [5.74, 6) is 0. The standard InChI is InChI=1S/C13H15N3O3S/c17-8-10-3-1-2-6-15(10)13-14-11-7-9(16(18)19)4-5-12(11)20-13/h4-5,7,10,17H,1-3,6,8H2/t10-/m0/s1. The summed E-state index contributed by atoms with van der Waals surface area (Å²) >= 11 is 1.52. The van der Waals surface area contributed by atoms with Crippen LogP contribution in [0.5, 0.6) is 0 Å². The summed E-state index contributed by atoms with van der Waals surface area (Å²) in [4.78, 5) is 17.0. The minimum Gasteiger partial charge on any atom is -0.394 e. The summed E-state index contributed by atoms with van der Waals surface area (Å²) in [6, 6.07) is 4.86. The van der Waals surface area contributed by atoms with E-state index < -0.39 is 4.92 Å². The van der Waals surface area contributed by atoms with Crippen LogP contribution >= 0.6 is 11.3 Å². The van der Waals surface area contributed by atoms with Crippen molar-refractivity contribution in [1.82, 2.24) is 4.98 Å². The zero-order valence-electron chi connectivity index (χ0n) is 10.9. The zero-order chi connectivity index (χ0) is 14.1. The molecule has 0 saturated carbocycles. The maximum Gasteiger partial charge on any atom is 0.271 e. The number of thiazole rings is 1. The van der Waals surface area contributed by atoms with Gasteiger partial charge in [0.15, 0.2) is 5.13 Å². The van der Waals surface area contributed by atoms with Crippen LogP contribution in [-0.2, 0) is 0 Å². The molecule has 1 fully saturated rings. The Labute approximate surface area is 119 Å². The topological polar surface area (TPSA) is 79.5 Å². The summed E-state index contributed by atoms with van der Waals surface area (Å²) in [6.07, 6.45) is 3.18. The van der Waals surface area contributed by atoms with E-state index in [2.05, 4.69) is 9.88 Å². The fraction of sp³-hybridized carbons (Fsp3) is 0.462. The summed E-state index contributed by atoms with van der Waals surface area (Å²) in [6.45, 7) is 1.00. The molecule has 0 bridgehead atoms. The monoisotopic (exact) mass is 293 g/mol. The van der Waals surface area contributed by atoms with E-state index in [1.807, 2.05) is 0 Å². The Morgan fingerprint density at radius 1 is 1.50 bits per heavy atom. The minimum atomic E-state index is -0.407. The van der Waals surface area contributed by atoms with Gasteiger partial charge < -0.3 is 10.0 Å². The highest BCUT2D eigenvalue weighted by atomic mass is 32.1. The van der Waals surface area contributed by atoms with Crippen LogP contribution in [0.15, 0.2) is 18.2 Å². The van der Waals surface area contributed by atoms with E-state index in [4.69, 9.17) is 0 Å².